The third-order valence-electron chi connectivity index (χ3n) is 5.66. The molecule has 1 aliphatic rings. The van der Waals surface area contributed by atoms with Gasteiger partial charge in [0.2, 0.25) is 5.91 Å². The van der Waals surface area contributed by atoms with E-state index in [-0.39, 0.29) is 23.7 Å². The first-order valence-electron chi connectivity index (χ1n) is 10.5. The quantitative estimate of drug-likeness (QED) is 0.393. The molecule has 0 N–H and O–H groups in total. The number of rotatable bonds is 4. The second-order valence-corrected chi connectivity index (χ2v) is 9.77. The van der Waals surface area contributed by atoms with Gasteiger partial charge < -0.3 is 0 Å². The number of carbonyl (C=O) groups is 1. The van der Waals surface area contributed by atoms with Gasteiger partial charge in [0, 0.05) is 17.2 Å². The highest BCUT2D eigenvalue weighted by Crippen LogP contribution is 2.33. The number of fused-ring (bicyclic) bond motifs is 3. The predicted molar refractivity (Wildman–Crippen MR) is 126 cm³/mol. The van der Waals surface area contributed by atoms with Crippen LogP contribution in [0.15, 0.2) is 40.8 Å². The predicted octanol–water partition coefficient (Wildman–Crippen LogP) is 5.06. The first-order valence-corrected chi connectivity index (χ1v) is 12.2. The molecule has 0 spiro atoms. The van der Waals surface area contributed by atoms with Crippen molar-refractivity contribution in [2.24, 2.45) is 0 Å². The van der Waals surface area contributed by atoms with Gasteiger partial charge in [-0.25, -0.2) is 14.4 Å². The lowest BCUT2D eigenvalue weighted by molar-refractivity contribution is -0.115. The number of amides is 1. The van der Waals surface area contributed by atoms with Crippen molar-refractivity contribution < 1.29 is 9.18 Å². The van der Waals surface area contributed by atoms with E-state index in [0.29, 0.717) is 10.8 Å². The van der Waals surface area contributed by atoms with Crippen molar-refractivity contribution in [2.75, 3.05) is 4.90 Å². The molecule has 0 fully saturated rings. The largest absolute Gasteiger partial charge is 0.293 e. The van der Waals surface area contributed by atoms with E-state index in [1.165, 1.54) is 40.5 Å². The molecule has 1 amide bonds. The smallest absolute Gasteiger partial charge is 0.262 e. The highest BCUT2D eigenvalue weighted by Gasteiger charge is 2.22. The summed E-state index contributed by atoms with van der Waals surface area (Å²) in [5, 5.41) is 2.89. The average molecular weight is 469 g/mol. The maximum atomic E-state index is 14.3. The van der Waals surface area contributed by atoms with Gasteiger partial charge in [-0.2, -0.15) is 0 Å². The van der Waals surface area contributed by atoms with Crippen molar-refractivity contribution >= 4 is 49.6 Å². The summed E-state index contributed by atoms with van der Waals surface area (Å²) >= 11 is 2.87. The molecule has 1 aromatic carbocycles. The molecule has 6 nitrogen and oxygen atoms in total. The highest BCUT2D eigenvalue weighted by atomic mass is 32.1. The summed E-state index contributed by atoms with van der Waals surface area (Å²) in [6.45, 7) is 1.62. The fourth-order valence-electron chi connectivity index (χ4n) is 4.16. The molecule has 32 heavy (non-hydrogen) atoms. The number of hydrogen-bond donors (Lipinski definition) is 0. The van der Waals surface area contributed by atoms with E-state index in [1.54, 1.807) is 45.8 Å². The van der Waals surface area contributed by atoms with Gasteiger partial charge >= 0.3 is 0 Å². The number of anilines is 2. The number of nitrogens with zero attached hydrogens (tertiary/aromatic N) is 4. The third kappa shape index (κ3) is 3.75. The lowest BCUT2D eigenvalue weighted by atomic mass is 10.1. The average Bonchev–Trinajstić information content (AvgIpc) is 3.29. The first kappa shape index (κ1) is 21.0. The Balaban J connectivity index is 1.48. The van der Waals surface area contributed by atoms with Gasteiger partial charge in [0.25, 0.3) is 5.56 Å². The van der Waals surface area contributed by atoms with Gasteiger partial charge in [0.15, 0.2) is 5.13 Å². The standard InChI is InChI=1S/C23H21FN4O2S2/c1-14(29)28(18-9-6-5-8-17(18)24)23-26-15(12-31-23)11-27-13-25-21-20(22(27)30)16-7-3-2-4-10-19(16)32-21/h5-6,8-9,12-13H,2-4,7,10-11H2,1H3. The number of thiazole rings is 1. The molecule has 164 valence electrons. The maximum Gasteiger partial charge on any atom is 0.262 e. The molecule has 0 saturated carbocycles. The fraction of sp³-hybridized carbons (Fsp3) is 0.304. The number of aryl methyl sites for hydroxylation is 2. The molecule has 0 unspecified atom stereocenters. The number of carbonyl (C=O) groups excluding carboxylic acids is 1. The summed E-state index contributed by atoms with van der Waals surface area (Å²) in [4.78, 5) is 38.0. The van der Waals surface area contributed by atoms with Crippen LogP contribution >= 0.6 is 22.7 Å². The SMILES string of the molecule is CC(=O)N(c1nc(Cn2cnc3sc4c(c3c2=O)CCCCC4)cs1)c1ccccc1F. The minimum atomic E-state index is -0.497. The Morgan fingerprint density at radius 1 is 1.22 bits per heavy atom. The lowest BCUT2D eigenvalue weighted by Crippen LogP contribution is -2.24. The minimum Gasteiger partial charge on any atom is -0.293 e. The topological polar surface area (TPSA) is 68.1 Å². The number of hydrogen-bond acceptors (Lipinski definition) is 6. The summed E-state index contributed by atoms with van der Waals surface area (Å²) in [5.74, 6) is -0.833. The van der Waals surface area contributed by atoms with Gasteiger partial charge in [0.05, 0.1) is 29.6 Å². The normalized spacial score (nSPS) is 13.7. The van der Waals surface area contributed by atoms with E-state index >= 15 is 0 Å². The maximum absolute atomic E-state index is 14.3. The molecule has 4 aromatic rings. The van der Waals surface area contributed by atoms with Crippen LogP contribution in [0.1, 0.15) is 42.3 Å². The zero-order valence-electron chi connectivity index (χ0n) is 17.5. The van der Waals surface area contributed by atoms with Crippen molar-refractivity contribution in [3.63, 3.8) is 0 Å². The van der Waals surface area contributed by atoms with E-state index in [2.05, 4.69) is 9.97 Å². The molecule has 0 bridgehead atoms. The minimum absolute atomic E-state index is 0.0542. The monoisotopic (exact) mass is 468 g/mol. The van der Waals surface area contributed by atoms with Crippen LogP contribution in [0.4, 0.5) is 15.2 Å². The number of halogens is 1. The van der Waals surface area contributed by atoms with Gasteiger partial charge in [-0.15, -0.1) is 22.7 Å². The Bertz CT molecular complexity index is 1370. The highest BCUT2D eigenvalue weighted by molar-refractivity contribution is 7.18. The zero-order chi connectivity index (χ0) is 22.2. The molecule has 0 atom stereocenters. The zero-order valence-corrected chi connectivity index (χ0v) is 19.1. The van der Waals surface area contributed by atoms with Crippen molar-refractivity contribution in [3.05, 3.63) is 68.3 Å². The summed E-state index contributed by atoms with van der Waals surface area (Å²) in [6.07, 6.45) is 6.95. The van der Waals surface area contributed by atoms with Gasteiger partial charge in [0.1, 0.15) is 10.6 Å². The van der Waals surface area contributed by atoms with E-state index in [0.717, 1.165) is 41.5 Å². The van der Waals surface area contributed by atoms with Crippen molar-refractivity contribution in [1.29, 1.82) is 0 Å². The number of benzene rings is 1. The third-order valence-corrected chi connectivity index (χ3v) is 7.74. The summed E-state index contributed by atoms with van der Waals surface area (Å²) in [6, 6.07) is 6.10. The second kappa shape index (κ2) is 8.55. The summed E-state index contributed by atoms with van der Waals surface area (Å²) in [7, 11) is 0. The van der Waals surface area contributed by atoms with Gasteiger partial charge in [-0.3, -0.25) is 19.1 Å². The number of thiophene rings is 1. The van der Waals surface area contributed by atoms with Crippen LogP contribution in [0, 0.1) is 5.82 Å². The van der Waals surface area contributed by atoms with Crippen LogP contribution in [0.25, 0.3) is 10.2 Å². The van der Waals surface area contributed by atoms with Gasteiger partial charge in [-0.05, 0) is 43.4 Å². The molecular weight excluding hydrogens is 447 g/mol. The van der Waals surface area contributed by atoms with Crippen molar-refractivity contribution in [3.8, 4) is 0 Å². The summed E-state index contributed by atoms with van der Waals surface area (Å²) < 4.78 is 15.9. The van der Waals surface area contributed by atoms with E-state index in [1.807, 2.05) is 0 Å². The van der Waals surface area contributed by atoms with Crippen LogP contribution in [0.2, 0.25) is 0 Å². The fourth-order valence-corrected chi connectivity index (χ4v) is 6.25. The Hall–Kier alpha value is -2.91. The van der Waals surface area contributed by atoms with Crippen LogP contribution < -0.4 is 10.5 Å². The van der Waals surface area contributed by atoms with E-state index in [9.17, 15) is 14.0 Å². The molecule has 1 aliphatic carbocycles. The molecule has 3 aromatic heterocycles. The molecular formula is C23H21FN4O2S2. The van der Waals surface area contributed by atoms with E-state index in [4.69, 9.17) is 0 Å². The molecule has 0 saturated heterocycles. The Kier molecular flexibility index (Phi) is 5.60. The molecule has 3 heterocycles. The molecule has 5 rings (SSSR count). The van der Waals surface area contributed by atoms with Crippen LogP contribution in [0.3, 0.4) is 0 Å². The molecule has 0 aliphatic heterocycles. The van der Waals surface area contributed by atoms with Crippen molar-refractivity contribution in [1.82, 2.24) is 14.5 Å². The first-order chi connectivity index (χ1) is 15.5. The van der Waals surface area contributed by atoms with Crippen LogP contribution in [-0.4, -0.2) is 20.4 Å². The number of aromatic nitrogens is 3. The molecule has 9 heteroatoms. The Morgan fingerprint density at radius 3 is 2.84 bits per heavy atom. The van der Waals surface area contributed by atoms with E-state index < -0.39 is 5.82 Å². The lowest BCUT2D eigenvalue weighted by Gasteiger charge is -2.18. The molecule has 0 radical (unpaired) electrons. The number of para-hydroxylation sites is 1. The van der Waals surface area contributed by atoms with Crippen LogP contribution in [-0.2, 0) is 24.2 Å². The van der Waals surface area contributed by atoms with Gasteiger partial charge in [-0.1, -0.05) is 18.6 Å². The summed E-state index contributed by atoms with van der Waals surface area (Å²) in [5.41, 5.74) is 1.89. The second-order valence-electron chi connectivity index (χ2n) is 7.85. The Morgan fingerprint density at radius 2 is 2.03 bits per heavy atom. The van der Waals surface area contributed by atoms with Crippen molar-refractivity contribution in [2.45, 2.75) is 45.6 Å². The van der Waals surface area contributed by atoms with Crippen LogP contribution in [0.5, 0.6) is 0 Å². The Labute approximate surface area is 192 Å².